The van der Waals surface area contributed by atoms with Crippen molar-refractivity contribution in [3.05, 3.63) is 0 Å². The van der Waals surface area contributed by atoms with Crippen molar-refractivity contribution in [3.8, 4) is 0 Å². The van der Waals surface area contributed by atoms with Gasteiger partial charge in [-0.2, -0.15) is 0 Å². The highest BCUT2D eigenvalue weighted by molar-refractivity contribution is 5.74. The van der Waals surface area contributed by atoms with E-state index in [0.29, 0.717) is 12.5 Å². The molecule has 2 unspecified atom stereocenters. The number of hydrogen-bond donors (Lipinski definition) is 1. The summed E-state index contributed by atoms with van der Waals surface area (Å²) in [4.78, 5) is 10.6. The molecule has 0 saturated carbocycles. The second-order valence-electron chi connectivity index (χ2n) is 4.79. The Labute approximate surface area is 98.7 Å². The zero-order chi connectivity index (χ0) is 11.8. The van der Waals surface area contributed by atoms with Gasteiger partial charge in [0.15, 0.2) is 0 Å². The van der Waals surface area contributed by atoms with Crippen LogP contribution < -0.4 is 5.73 Å². The number of carbonyl (C=O) groups is 1. The molecule has 94 valence electrons. The number of epoxide rings is 1. The van der Waals surface area contributed by atoms with Crippen molar-refractivity contribution < 1.29 is 9.53 Å². The van der Waals surface area contributed by atoms with Crippen LogP contribution >= 0.6 is 0 Å². The van der Waals surface area contributed by atoms with E-state index in [1.165, 1.54) is 44.9 Å². The minimum absolute atomic E-state index is 0.137. The molecule has 0 aliphatic carbocycles. The van der Waals surface area contributed by atoms with Gasteiger partial charge in [0.2, 0.25) is 5.91 Å². The Bertz CT molecular complexity index is 206. The molecule has 1 amide bonds. The lowest BCUT2D eigenvalue weighted by molar-refractivity contribution is -0.118. The zero-order valence-corrected chi connectivity index (χ0v) is 10.4. The molecule has 2 atom stereocenters. The molecule has 0 aromatic carbocycles. The molecule has 0 radical (unpaired) electrons. The second-order valence-corrected chi connectivity index (χ2v) is 4.79. The van der Waals surface area contributed by atoms with Gasteiger partial charge in [-0.15, -0.1) is 0 Å². The largest absolute Gasteiger partial charge is 0.370 e. The van der Waals surface area contributed by atoms with Gasteiger partial charge in [-0.05, 0) is 6.42 Å². The zero-order valence-electron chi connectivity index (χ0n) is 10.4. The van der Waals surface area contributed by atoms with Gasteiger partial charge < -0.3 is 10.5 Å². The average molecular weight is 227 g/mol. The molecule has 1 heterocycles. The van der Waals surface area contributed by atoms with Crippen LogP contribution in [0.2, 0.25) is 0 Å². The summed E-state index contributed by atoms with van der Waals surface area (Å²) in [7, 11) is 0. The topological polar surface area (TPSA) is 55.6 Å². The first-order valence-corrected chi connectivity index (χ1v) is 6.67. The van der Waals surface area contributed by atoms with Crippen LogP contribution in [0.15, 0.2) is 0 Å². The predicted molar refractivity (Wildman–Crippen MR) is 65.1 cm³/mol. The molecule has 1 rings (SSSR count). The molecule has 0 bridgehead atoms. The van der Waals surface area contributed by atoms with Crippen molar-refractivity contribution in [3.63, 3.8) is 0 Å². The summed E-state index contributed by atoms with van der Waals surface area (Å²) < 4.78 is 5.37. The van der Waals surface area contributed by atoms with Gasteiger partial charge in [-0.3, -0.25) is 4.79 Å². The first-order chi connectivity index (χ1) is 7.74. The molecule has 0 aromatic heterocycles. The number of primary amides is 1. The van der Waals surface area contributed by atoms with E-state index in [2.05, 4.69) is 6.92 Å². The Morgan fingerprint density at radius 1 is 1.06 bits per heavy atom. The SMILES string of the molecule is CCCCCCCCCC1OC1CC(N)=O. The van der Waals surface area contributed by atoms with Crippen molar-refractivity contribution >= 4 is 5.91 Å². The minimum Gasteiger partial charge on any atom is -0.370 e. The number of unbranched alkanes of at least 4 members (excludes halogenated alkanes) is 6. The van der Waals surface area contributed by atoms with Gasteiger partial charge in [0.25, 0.3) is 0 Å². The van der Waals surface area contributed by atoms with Crippen LogP contribution in [0.5, 0.6) is 0 Å². The normalized spacial score (nSPS) is 23.3. The number of ether oxygens (including phenoxy) is 1. The standard InChI is InChI=1S/C13H25NO2/c1-2-3-4-5-6-7-8-9-11-12(16-11)10-13(14)15/h11-12H,2-10H2,1H3,(H2,14,15). The Balaban J connectivity index is 1.81. The van der Waals surface area contributed by atoms with Crippen LogP contribution in [0.4, 0.5) is 0 Å². The van der Waals surface area contributed by atoms with E-state index in [1.807, 2.05) is 0 Å². The molecule has 1 aliphatic rings. The fourth-order valence-electron chi connectivity index (χ4n) is 2.11. The predicted octanol–water partition coefficient (Wildman–Crippen LogP) is 2.77. The molecular formula is C13H25NO2. The molecule has 16 heavy (non-hydrogen) atoms. The van der Waals surface area contributed by atoms with E-state index in [1.54, 1.807) is 0 Å². The number of carbonyl (C=O) groups excluding carboxylic acids is 1. The second kappa shape index (κ2) is 7.66. The lowest BCUT2D eigenvalue weighted by Gasteiger charge is -1.99. The van der Waals surface area contributed by atoms with E-state index in [-0.39, 0.29) is 12.0 Å². The lowest BCUT2D eigenvalue weighted by Crippen LogP contribution is -2.14. The van der Waals surface area contributed by atoms with Gasteiger partial charge in [-0.25, -0.2) is 0 Å². The summed E-state index contributed by atoms with van der Waals surface area (Å²) in [6.45, 7) is 2.24. The Hall–Kier alpha value is -0.570. The molecule has 1 aliphatic heterocycles. The van der Waals surface area contributed by atoms with Crippen molar-refractivity contribution in [1.82, 2.24) is 0 Å². The molecule has 2 N–H and O–H groups in total. The summed E-state index contributed by atoms with van der Waals surface area (Å²) in [6, 6.07) is 0. The maximum atomic E-state index is 10.6. The van der Waals surface area contributed by atoms with Crippen molar-refractivity contribution in [2.24, 2.45) is 5.73 Å². The van der Waals surface area contributed by atoms with Crippen LogP contribution in [0, 0.1) is 0 Å². The third kappa shape index (κ3) is 6.11. The summed E-state index contributed by atoms with van der Waals surface area (Å²) in [5.74, 6) is -0.243. The van der Waals surface area contributed by atoms with Crippen LogP contribution in [0.3, 0.4) is 0 Å². The minimum atomic E-state index is -0.243. The van der Waals surface area contributed by atoms with Crippen molar-refractivity contribution in [2.45, 2.75) is 76.9 Å². The molecule has 3 heteroatoms. The van der Waals surface area contributed by atoms with Crippen molar-refractivity contribution in [1.29, 1.82) is 0 Å². The molecule has 3 nitrogen and oxygen atoms in total. The van der Waals surface area contributed by atoms with Gasteiger partial charge >= 0.3 is 0 Å². The fourth-order valence-corrected chi connectivity index (χ4v) is 2.11. The van der Waals surface area contributed by atoms with Gasteiger partial charge in [0, 0.05) is 0 Å². The first kappa shape index (κ1) is 13.5. The summed E-state index contributed by atoms with van der Waals surface area (Å²) in [6.07, 6.45) is 11.3. The highest BCUT2D eigenvalue weighted by atomic mass is 16.6. The summed E-state index contributed by atoms with van der Waals surface area (Å²) >= 11 is 0. The maximum Gasteiger partial charge on any atom is 0.220 e. The fraction of sp³-hybridized carbons (Fsp3) is 0.923. The summed E-state index contributed by atoms with van der Waals surface area (Å²) in [5.41, 5.74) is 5.10. The molecule has 0 aromatic rings. The monoisotopic (exact) mass is 227 g/mol. The van der Waals surface area contributed by atoms with Crippen LogP contribution in [-0.4, -0.2) is 18.1 Å². The highest BCUT2D eigenvalue weighted by Gasteiger charge is 2.38. The number of amides is 1. The first-order valence-electron chi connectivity index (χ1n) is 6.67. The lowest BCUT2D eigenvalue weighted by atomic mass is 10.1. The van der Waals surface area contributed by atoms with E-state index >= 15 is 0 Å². The van der Waals surface area contributed by atoms with Crippen LogP contribution in [0.1, 0.15) is 64.7 Å². The Morgan fingerprint density at radius 2 is 1.69 bits per heavy atom. The highest BCUT2D eigenvalue weighted by Crippen LogP contribution is 2.29. The molecular weight excluding hydrogens is 202 g/mol. The number of rotatable bonds is 10. The third-order valence-corrected chi connectivity index (χ3v) is 3.18. The van der Waals surface area contributed by atoms with Crippen LogP contribution in [-0.2, 0) is 9.53 Å². The van der Waals surface area contributed by atoms with Crippen LogP contribution in [0.25, 0.3) is 0 Å². The average Bonchev–Trinajstić information content (AvgIpc) is 2.94. The van der Waals surface area contributed by atoms with E-state index < -0.39 is 0 Å². The third-order valence-electron chi connectivity index (χ3n) is 3.18. The van der Waals surface area contributed by atoms with Gasteiger partial charge in [0.1, 0.15) is 0 Å². The number of nitrogens with two attached hydrogens (primary N) is 1. The van der Waals surface area contributed by atoms with Crippen molar-refractivity contribution in [2.75, 3.05) is 0 Å². The smallest absolute Gasteiger partial charge is 0.220 e. The van der Waals surface area contributed by atoms with E-state index in [0.717, 1.165) is 6.42 Å². The quantitative estimate of drug-likeness (QED) is 0.461. The maximum absolute atomic E-state index is 10.6. The van der Waals surface area contributed by atoms with E-state index in [4.69, 9.17) is 10.5 Å². The van der Waals surface area contributed by atoms with Gasteiger partial charge in [0.05, 0.1) is 18.6 Å². The molecule has 1 saturated heterocycles. The summed E-state index contributed by atoms with van der Waals surface area (Å²) in [5, 5.41) is 0. The Kier molecular flexibility index (Phi) is 6.46. The Morgan fingerprint density at radius 3 is 2.31 bits per heavy atom. The molecule has 0 spiro atoms. The molecule has 1 fully saturated rings. The number of hydrogen-bond acceptors (Lipinski definition) is 2. The van der Waals surface area contributed by atoms with E-state index in [9.17, 15) is 4.79 Å². The van der Waals surface area contributed by atoms with Gasteiger partial charge in [-0.1, -0.05) is 51.9 Å².